The van der Waals surface area contributed by atoms with Gasteiger partial charge in [0.2, 0.25) is 5.91 Å². The molecule has 2 aliphatic heterocycles. The molecule has 3 rings (SSSR count). The lowest BCUT2D eigenvalue weighted by molar-refractivity contribution is -0.133. The summed E-state index contributed by atoms with van der Waals surface area (Å²) in [5.41, 5.74) is 0.930. The van der Waals surface area contributed by atoms with Gasteiger partial charge in [0.1, 0.15) is 11.8 Å². The van der Waals surface area contributed by atoms with Gasteiger partial charge in [0.05, 0.1) is 0 Å². The fourth-order valence-corrected chi connectivity index (χ4v) is 2.41. The summed E-state index contributed by atoms with van der Waals surface area (Å²) >= 11 is 0. The van der Waals surface area contributed by atoms with E-state index in [2.05, 4.69) is 15.6 Å². The minimum absolute atomic E-state index is 0.0176. The van der Waals surface area contributed by atoms with Gasteiger partial charge in [0, 0.05) is 31.4 Å². The highest BCUT2D eigenvalue weighted by Gasteiger charge is 2.24. The summed E-state index contributed by atoms with van der Waals surface area (Å²) in [6, 6.07) is 6.21. The van der Waals surface area contributed by atoms with Gasteiger partial charge in [-0.05, 0) is 6.07 Å². The summed E-state index contributed by atoms with van der Waals surface area (Å²) in [6.07, 6.45) is 1.26. The average Bonchev–Trinajstić information content (AvgIpc) is 2.92. The summed E-state index contributed by atoms with van der Waals surface area (Å²) in [7, 11) is 0. The van der Waals surface area contributed by atoms with Gasteiger partial charge < -0.3 is 20.3 Å². The minimum Gasteiger partial charge on any atom is -0.483 e. The zero-order chi connectivity index (χ0) is 16.2. The number of nitrogens with one attached hydrogen (secondary N) is 2. The summed E-state index contributed by atoms with van der Waals surface area (Å²) in [5, 5.41) is 5.08. The number of benzene rings is 1. The fourth-order valence-electron chi connectivity index (χ4n) is 2.41. The maximum absolute atomic E-state index is 12.1. The second-order valence-corrected chi connectivity index (χ2v) is 5.21. The van der Waals surface area contributed by atoms with Gasteiger partial charge in [-0.2, -0.15) is 0 Å². The lowest BCUT2D eigenvalue weighted by Gasteiger charge is -2.20. The molecule has 0 saturated heterocycles. The molecule has 2 aliphatic rings. The fraction of sp³-hybridized carbons (Fsp3) is 0.333. The SMILES string of the molecule is O=C1N=CC(C(=O)NCCN2Cc3ccccc3OCC2=O)N1. The Kier molecular flexibility index (Phi) is 4.22. The highest BCUT2D eigenvalue weighted by Crippen LogP contribution is 2.22. The Bertz CT molecular complexity index is 673. The van der Waals surface area contributed by atoms with Crippen molar-refractivity contribution in [3.8, 4) is 5.75 Å². The van der Waals surface area contributed by atoms with Crippen LogP contribution in [0.1, 0.15) is 5.56 Å². The zero-order valence-corrected chi connectivity index (χ0v) is 12.3. The van der Waals surface area contributed by atoms with Crippen molar-refractivity contribution < 1.29 is 19.1 Å². The highest BCUT2D eigenvalue weighted by atomic mass is 16.5. The molecule has 0 aromatic heterocycles. The number of aliphatic imine (C=N–C) groups is 1. The Labute approximate surface area is 132 Å². The van der Waals surface area contributed by atoms with Gasteiger partial charge >= 0.3 is 6.03 Å². The number of amides is 4. The Morgan fingerprint density at radius 2 is 2.22 bits per heavy atom. The smallest absolute Gasteiger partial charge is 0.341 e. The molecule has 0 bridgehead atoms. The van der Waals surface area contributed by atoms with Crippen molar-refractivity contribution in [1.82, 2.24) is 15.5 Å². The number of nitrogens with zero attached hydrogens (tertiary/aromatic N) is 2. The van der Waals surface area contributed by atoms with E-state index < -0.39 is 12.1 Å². The molecule has 8 nitrogen and oxygen atoms in total. The third-order valence-corrected chi connectivity index (χ3v) is 3.62. The number of hydrogen-bond donors (Lipinski definition) is 2. The van der Waals surface area contributed by atoms with Crippen LogP contribution in [0.4, 0.5) is 4.79 Å². The Hall–Kier alpha value is -2.90. The standard InChI is InChI=1S/C15H16N4O4/c20-13-9-23-12-4-2-1-3-10(12)8-19(13)6-5-16-14(21)11-7-17-15(22)18-11/h1-4,7,11H,5-6,8-9H2,(H,16,21)(H,18,22). The van der Waals surface area contributed by atoms with E-state index in [0.29, 0.717) is 18.8 Å². The van der Waals surface area contributed by atoms with Crippen molar-refractivity contribution in [2.45, 2.75) is 12.6 Å². The van der Waals surface area contributed by atoms with Crippen molar-refractivity contribution in [3.05, 3.63) is 29.8 Å². The summed E-state index contributed by atoms with van der Waals surface area (Å²) in [6.45, 7) is 1.07. The number of fused-ring (bicyclic) bond motifs is 1. The van der Waals surface area contributed by atoms with Gasteiger partial charge in [0.25, 0.3) is 5.91 Å². The van der Waals surface area contributed by atoms with Crippen LogP contribution in [-0.4, -0.2) is 54.7 Å². The maximum atomic E-state index is 12.1. The van der Waals surface area contributed by atoms with E-state index in [0.717, 1.165) is 5.56 Å². The molecule has 2 N–H and O–H groups in total. The molecule has 0 spiro atoms. The molecule has 0 fully saturated rings. The van der Waals surface area contributed by atoms with Crippen LogP contribution < -0.4 is 15.4 Å². The quantitative estimate of drug-likeness (QED) is 0.795. The number of para-hydroxylation sites is 1. The van der Waals surface area contributed by atoms with Crippen LogP contribution >= 0.6 is 0 Å². The van der Waals surface area contributed by atoms with E-state index in [4.69, 9.17) is 4.74 Å². The molecule has 8 heteroatoms. The first-order valence-corrected chi connectivity index (χ1v) is 7.24. The first-order chi connectivity index (χ1) is 11.1. The first-order valence-electron chi connectivity index (χ1n) is 7.24. The van der Waals surface area contributed by atoms with Crippen molar-refractivity contribution in [2.24, 2.45) is 4.99 Å². The molecule has 1 unspecified atom stereocenters. The van der Waals surface area contributed by atoms with Crippen molar-refractivity contribution in [3.63, 3.8) is 0 Å². The molecule has 4 amide bonds. The van der Waals surface area contributed by atoms with E-state index >= 15 is 0 Å². The Morgan fingerprint density at radius 1 is 1.39 bits per heavy atom. The minimum atomic E-state index is -0.744. The number of rotatable bonds is 4. The van der Waals surface area contributed by atoms with Gasteiger partial charge in [-0.3, -0.25) is 9.59 Å². The molecule has 2 heterocycles. The monoisotopic (exact) mass is 316 g/mol. The van der Waals surface area contributed by atoms with Crippen LogP contribution in [-0.2, 0) is 16.1 Å². The van der Waals surface area contributed by atoms with Crippen LogP contribution in [0.25, 0.3) is 0 Å². The Balaban J connectivity index is 1.53. The molecule has 0 saturated carbocycles. The summed E-state index contributed by atoms with van der Waals surface area (Å²) in [4.78, 5) is 39.9. The van der Waals surface area contributed by atoms with Crippen LogP contribution in [0.2, 0.25) is 0 Å². The van der Waals surface area contributed by atoms with Gasteiger partial charge in [-0.1, -0.05) is 18.2 Å². The second kappa shape index (κ2) is 6.47. The second-order valence-electron chi connectivity index (χ2n) is 5.21. The van der Waals surface area contributed by atoms with E-state index in [1.807, 2.05) is 24.3 Å². The molecule has 1 aromatic carbocycles. The van der Waals surface area contributed by atoms with Crippen LogP contribution in [0.15, 0.2) is 29.3 Å². The maximum Gasteiger partial charge on any atom is 0.341 e. The summed E-state index contributed by atoms with van der Waals surface area (Å²) in [5.74, 6) is 0.224. The van der Waals surface area contributed by atoms with Gasteiger partial charge in [-0.15, -0.1) is 0 Å². The van der Waals surface area contributed by atoms with E-state index in [9.17, 15) is 14.4 Å². The third-order valence-electron chi connectivity index (χ3n) is 3.62. The largest absolute Gasteiger partial charge is 0.483 e. The van der Waals surface area contributed by atoms with Crippen molar-refractivity contribution in [2.75, 3.05) is 19.7 Å². The lowest BCUT2D eigenvalue weighted by Crippen LogP contribution is -2.46. The Morgan fingerprint density at radius 3 is 3.00 bits per heavy atom. The molecule has 0 radical (unpaired) electrons. The highest BCUT2D eigenvalue weighted by molar-refractivity contribution is 6.07. The van der Waals surface area contributed by atoms with E-state index in [1.165, 1.54) is 6.21 Å². The lowest BCUT2D eigenvalue weighted by atomic mass is 10.2. The predicted octanol–water partition coefficient (Wildman–Crippen LogP) is -0.314. The molecule has 1 atom stereocenters. The molecular formula is C15H16N4O4. The molecule has 0 aliphatic carbocycles. The van der Waals surface area contributed by atoms with Crippen LogP contribution in [0.3, 0.4) is 0 Å². The van der Waals surface area contributed by atoms with Crippen molar-refractivity contribution >= 4 is 24.1 Å². The van der Waals surface area contributed by atoms with E-state index in [-0.39, 0.29) is 25.0 Å². The number of carbonyl (C=O) groups excluding carboxylic acids is 3. The number of ether oxygens (including phenoxy) is 1. The van der Waals surface area contributed by atoms with Gasteiger partial charge in [0.15, 0.2) is 6.61 Å². The molecule has 120 valence electrons. The van der Waals surface area contributed by atoms with Crippen molar-refractivity contribution in [1.29, 1.82) is 0 Å². The normalized spacial score (nSPS) is 19.7. The topological polar surface area (TPSA) is 100 Å². The molecule has 1 aromatic rings. The third kappa shape index (κ3) is 3.47. The average molecular weight is 316 g/mol. The first kappa shape index (κ1) is 15.0. The van der Waals surface area contributed by atoms with Crippen LogP contribution in [0.5, 0.6) is 5.75 Å². The predicted molar refractivity (Wildman–Crippen MR) is 81.2 cm³/mol. The molecule has 23 heavy (non-hydrogen) atoms. The molecular weight excluding hydrogens is 300 g/mol. The number of hydrogen-bond acceptors (Lipinski definition) is 4. The summed E-state index contributed by atoms with van der Waals surface area (Å²) < 4.78 is 5.47. The van der Waals surface area contributed by atoms with Crippen LogP contribution in [0, 0.1) is 0 Å². The zero-order valence-electron chi connectivity index (χ0n) is 12.3. The number of carbonyl (C=O) groups is 3. The van der Waals surface area contributed by atoms with E-state index in [1.54, 1.807) is 4.90 Å². The van der Waals surface area contributed by atoms with Gasteiger partial charge in [-0.25, -0.2) is 9.79 Å². The number of urea groups is 1.